The Hall–Kier alpha value is -2.88. The molecule has 34 heavy (non-hydrogen) atoms. The van der Waals surface area contributed by atoms with E-state index in [4.69, 9.17) is 21.1 Å². The van der Waals surface area contributed by atoms with Crippen molar-refractivity contribution in [1.29, 1.82) is 0 Å². The Labute approximate surface area is 203 Å². The zero-order chi connectivity index (χ0) is 24.2. The van der Waals surface area contributed by atoms with Crippen molar-refractivity contribution in [3.63, 3.8) is 0 Å². The summed E-state index contributed by atoms with van der Waals surface area (Å²) in [6.07, 6.45) is 9.40. The number of aryl methyl sites for hydroxylation is 1. The monoisotopic (exact) mass is 491 g/mol. The lowest BCUT2D eigenvalue weighted by Crippen LogP contribution is -2.35. The maximum atomic E-state index is 12.5. The lowest BCUT2D eigenvalue weighted by molar-refractivity contribution is -0.143. The zero-order valence-corrected chi connectivity index (χ0v) is 20.2. The maximum Gasteiger partial charge on any atom is 0.410 e. The summed E-state index contributed by atoms with van der Waals surface area (Å²) in [4.78, 5) is 34.2. The van der Waals surface area contributed by atoms with E-state index in [0.29, 0.717) is 29.8 Å². The fourth-order valence-corrected chi connectivity index (χ4v) is 4.90. The van der Waals surface area contributed by atoms with Gasteiger partial charge in [-0.15, -0.1) is 0 Å². The van der Waals surface area contributed by atoms with Gasteiger partial charge in [0, 0.05) is 25.7 Å². The topological polar surface area (TPSA) is 120 Å². The highest BCUT2D eigenvalue weighted by atomic mass is 35.5. The van der Waals surface area contributed by atoms with E-state index in [1.807, 2.05) is 0 Å². The number of amides is 1. The summed E-state index contributed by atoms with van der Waals surface area (Å²) in [5.74, 6) is -1.05. The molecule has 2 heterocycles. The summed E-state index contributed by atoms with van der Waals surface area (Å²) in [6, 6.07) is 0.227. The normalized spacial score (nSPS) is 20.8. The Bertz CT molecular complexity index is 1040. The number of aliphatic carboxylic acids is 1. The second-order valence-corrected chi connectivity index (χ2v) is 9.38. The molecule has 2 aromatic rings. The standard InChI is InChI=1S/C23H30ClN5O5/c1-28(15-7-3-4-8-15)23(32)33-13-19-17(11-26-29(19)2)18-12-25-21(20(24)27-18)34-16-9-5-6-14(10-16)22(30)31/h11-12,14-16H,3-10,13H2,1-2H3,(H,30,31)/t14-,16-/m0/s1. The third-order valence-electron chi connectivity index (χ3n) is 6.78. The van der Waals surface area contributed by atoms with Gasteiger partial charge in [0.1, 0.15) is 12.7 Å². The number of carbonyl (C=O) groups is 2. The minimum Gasteiger partial charge on any atom is -0.481 e. The molecule has 184 valence electrons. The van der Waals surface area contributed by atoms with Crippen LogP contribution >= 0.6 is 11.6 Å². The van der Waals surface area contributed by atoms with Crippen LogP contribution in [0.15, 0.2) is 12.4 Å². The van der Waals surface area contributed by atoms with E-state index in [1.54, 1.807) is 29.9 Å². The Morgan fingerprint density at radius 3 is 2.68 bits per heavy atom. The molecule has 2 atom stereocenters. The van der Waals surface area contributed by atoms with E-state index in [9.17, 15) is 14.7 Å². The predicted molar refractivity (Wildman–Crippen MR) is 123 cm³/mol. The van der Waals surface area contributed by atoms with Gasteiger partial charge in [-0.1, -0.05) is 24.4 Å². The molecule has 0 aliphatic heterocycles. The average Bonchev–Trinajstić information content (AvgIpc) is 3.48. The first-order valence-electron chi connectivity index (χ1n) is 11.7. The number of ether oxygens (including phenoxy) is 2. The molecule has 0 bridgehead atoms. The van der Waals surface area contributed by atoms with Gasteiger partial charge in [0.05, 0.1) is 29.7 Å². The highest BCUT2D eigenvalue weighted by molar-refractivity contribution is 6.30. The highest BCUT2D eigenvalue weighted by Crippen LogP contribution is 2.31. The fourth-order valence-electron chi connectivity index (χ4n) is 4.72. The fraction of sp³-hybridized carbons (Fsp3) is 0.609. The molecule has 1 amide bonds. The number of hydrogen-bond donors (Lipinski definition) is 1. The maximum absolute atomic E-state index is 12.5. The van der Waals surface area contributed by atoms with Crippen LogP contribution in [0.2, 0.25) is 5.15 Å². The first kappa shape index (κ1) is 24.3. The van der Waals surface area contributed by atoms with Crippen LogP contribution in [0.1, 0.15) is 57.1 Å². The summed E-state index contributed by atoms with van der Waals surface area (Å²) in [5, 5.41) is 13.6. The summed E-state index contributed by atoms with van der Waals surface area (Å²) in [5.41, 5.74) is 1.81. The number of hydrogen-bond acceptors (Lipinski definition) is 7. The molecule has 2 aliphatic rings. The van der Waals surface area contributed by atoms with Crippen molar-refractivity contribution in [3.05, 3.63) is 23.2 Å². The van der Waals surface area contributed by atoms with Crippen molar-refractivity contribution in [3.8, 4) is 17.1 Å². The van der Waals surface area contributed by atoms with E-state index in [2.05, 4.69) is 15.1 Å². The number of rotatable bonds is 7. The van der Waals surface area contributed by atoms with E-state index in [0.717, 1.165) is 38.5 Å². The lowest BCUT2D eigenvalue weighted by atomic mass is 9.87. The van der Waals surface area contributed by atoms with Crippen molar-refractivity contribution in [1.82, 2.24) is 24.6 Å². The van der Waals surface area contributed by atoms with Crippen LogP contribution in [-0.4, -0.2) is 61.0 Å². The second-order valence-electron chi connectivity index (χ2n) is 9.03. The Kier molecular flexibility index (Phi) is 7.55. The smallest absolute Gasteiger partial charge is 0.410 e. The largest absolute Gasteiger partial charge is 0.481 e. The van der Waals surface area contributed by atoms with Crippen molar-refractivity contribution in [2.75, 3.05) is 7.05 Å². The number of carboxylic acids is 1. The molecular formula is C23H30ClN5O5. The van der Waals surface area contributed by atoms with Gasteiger partial charge in [-0.3, -0.25) is 9.48 Å². The van der Waals surface area contributed by atoms with E-state index >= 15 is 0 Å². The summed E-state index contributed by atoms with van der Waals surface area (Å²) in [6.45, 7) is 0.0396. The first-order valence-corrected chi connectivity index (χ1v) is 12.0. The van der Waals surface area contributed by atoms with Crippen LogP contribution in [0.25, 0.3) is 11.3 Å². The molecule has 0 unspecified atom stereocenters. The summed E-state index contributed by atoms with van der Waals surface area (Å²) in [7, 11) is 3.54. The van der Waals surface area contributed by atoms with Crippen LogP contribution in [0.4, 0.5) is 4.79 Å². The van der Waals surface area contributed by atoms with Gasteiger partial charge in [-0.2, -0.15) is 5.10 Å². The number of carbonyl (C=O) groups excluding carboxylic acids is 1. The third-order valence-corrected chi connectivity index (χ3v) is 7.03. The molecule has 10 nitrogen and oxygen atoms in total. The Morgan fingerprint density at radius 2 is 1.97 bits per heavy atom. The average molecular weight is 492 g/mol. The Balaban J connectivity index is 1.43. The molecule has 2 aromatic heterocycles. The number of nitrogens with zero attached hydrogens (tertiary/aromatic N) is 5. The zero-order valence-electron chi connectivity index (χ0n) is 19.4. The van der Waals surface area contributed by atoms with Crippen molar-refractivity contribution in [2.24, 2.45) is 13.0 Å². The van der Waals surface area contributed by atoms with Crippen LogP contribution in [0.5, 0.6) is 5.88 Å². The predicted octanol–water partition coefficient (Wildman–Crippen LogP) is 4.06. The van der Waals surface area contributed by atoms with Crippen molar-refractivity contribution < 1.29 is 24.2 Å². The molecule has 11 heteroatoms. The minimum atomic E-state index is -0.805. The van der Waals surface area contributed by atoms with Gasteiger partial charge in [0.25, 0.3) is 5.88 Å². The SMILES string of the molecule is CN(C(=O)OCc1c(-c2cnc(O[C@H]3CCC[C@H](C(=O)O)C3)c(Cl)n2)cnn1C)C1CCCC1. The quantitative estimate of drug-likeness (QED) is 0.615. The van der Waals surface area contributed by atoms with Crippen LogP contribution in [0.3, 0.4) is 0 Å². The third kappa shape index (κ3) is 5.43. The summed E-state index contributed by atoms with van der Waals surface area (Å²) >= 11 is 6.36. The van der Waals surface area contributed by atoms with E-state index in [1.165, 1.54) is 6.20 Å². The molecule has 1 N–H and O–H groups in total. The number of aromatic nitrogens is 4. The molecule has 0 saturated heterocycles. The lowest BCUT2D eigenvalue weighted by Gasteiger charge is -2.26. The van der Waals surface area contributed by atoms with E-state index in [-0.39, 0.29) is 35.9 Å². The molecule has 0 radical (unpaired) electrons. The van der Waals surface area contributed by atoms with Gasteiger partial charge in [-0.25, -0.2) is 14.8 Å². The van der Waals surface area contributed by atoms with Gasteiger partial charge in [-0.05, 0) is 38.5 Å². The van der Waals surface area contributed by atoms with Crippen LogP contribution in [0, 0.1) is 5.92 Å². The second kappa shape index (κ2) is 10.6. The molecular weight excluding hydrogens is 462 g/mol. The number of carboxylic acid groups (broad SMARTS) is 1. The first-order chi connectivity index (χ1) is 16.3. The minimum absolute atomic E-state index is 0.0396. The van der Waals surface area contributed by atoms with Gasteiger partial charge >= 0.3 is 12.1 Å². The molecule has 4 rings (SSSR count). The van der Waals surface area contributed by atoms with E-state index < -0.39 is 11.9 Å². The molecule has 0 aromatic carbocycles. The molecule has 2 fully saturated rings. The van der Waals surface area contributed by atoms with Gasteiger partial charge in [0.2, 0.25) is 0 Å². The van der Waals surface area contributed by atoms with Crippen molar-refractivity contribution >= 4 is 23.7 Å². The van der Waals surface area contributed by atoms with Gasteiger partial charge < -0.3 is 19.5 Å². The molecule has 2 aliphatic carbocycles. The molecule has 0 spiro atoms. The number of halogens is 1. The van der Waals surface area contributed by atoms with Crippen LogP contribution < -0.4 is 4.74 Å². The highest BCUT2D eigenvalue weighted by Gasteiger charge is 2.29. The summed E-state index contributed by atoms with van der Waals surface area (Å²) < 4.78 is 13.1. The Morgan fingerprint density at radius 1 is 1.21 bits per heavy atom. The molecule has 2 saturated carbocycles. The van der Waals surface area contributed by atoms with Gasteiger partial charge in [0.15, 0.2) is 5.15 Å². The van der Waals surface area contributed by atoms with Crippen molar-refractivity contribution in [2.45, 2.75) is 70.1 Å². The van der Waals surface area contributed by atoms with Crippen LogP contribution in [-0.2, 0) is 23.2 Å².